The van der Waals surface area contributed by atoms with E-state index in [0.717, 1.165) is 16.5 Å². The van der Waals surface area contributed by atoms with Gasteiger partial charge in [0.15, 0.2) is 5.16 Å². The van der Waals surface area contributed by atoms with Gasteiger partial charge in [-0.3, -0.25) is 9.36 Å². The normalized spacial score (nSPS) is 10.9. The molecule has 0 unspecified atom stereocenters. The van der Waals surface area contributed by atoms with Crippen LogP contribution in [0.25, 0.3) is 0 Å². The smallest absolute Gasteiger partial charge is 0.217 e. The maximum Gasteiger partial charge on any atom is 0.217 e. The van der Waals surface area contributed by atoms with Crippen molar-refractivity contribution in [3.63, 3.8) is 0 Å². The van der Waals surface area contributed by atoms with E-state index in [1.165, 1.54) is 11.8 Å². The van der Waals surface area contributed by atoms with Crippen molar-refractivity contribution in [2.24, 2.45) is 5.73 Å². The Kier molecular flexibility index (Phi) is 5.72. The van der Waals surface area contributed by atoms with Crippen LogP contribution in [0, 0.1) is 0 Å². The van der Waals surface area contributed by atoms with Crippen molar-refractivity contribution in [2.45, 2.75) is 30.3 Å². The summed E-state index contributed by atoms with van der Waals surface area (Å²) in [5.41, 5.74) is 6.27. The van der Waals surface area contributed by atoms with E-state index in [1.54, 1.807) is 18.5 Å². The molecule has 0 aromatic carbocycles. The first kappa shape index (κ1) is 17.5. The zero-order valence-electron chi connectivity index (χ0n) is 13.3. The molecule has 3 heterocycles. The predicted molar refractivity (Wildman–Crippen MR) is 94.2 cm³/mol. The van der Waals surface area contributed by atoms with Gasteiger partial charge in [0.05, 0.1) is 12.8 Å². The fraction of sp³-hybridized carbons (Fsp3) is 0.250. The minimum Gasteiger partial charge on any atom is -0.467 e. The van der Waals surface area contributed by atoms with Crippen LogP contribution in [-0.4, -0.2) is 25.7 Å². The third-order valence-corrected chi connectivity index (χ3v) is 4.70. The van der Waals surface area contributed by atoms with Crippen molar-refractivity contribution in [1.82, 2.24) is 19.7 Å². The molecule has 0 saturated heterocycles. The van der Waals surface area contributed by atoms with Gasteiger partial charge in [0, 0.05) is 24.8 Å². The standard InChI is InChI=1S/C16H16ClN5O2S/c17-13-4-3-11(8-19-13)10-25-16-21-20-15(6-5-14(18)23)22(16)9-12-2-1-7-24-12/h1-4,7-8H,5-6,9-10H2,(H2,18,23). The maximum atomic E-state index is 11.1. The fourth-order valence-electron chi connectivity index (χ4n) is 2.20. The highest BCUT2D eigenvalue weighted by Crippen LogP contribution is 2.23. The lowest BCUT2D eigenvalue weighted by Gasteiger charge is -2.08. The highest BCUT2D eigenvalue weighted by atomic mass is 35.5. The van der Waals surface area contributed by atoms with Crippen molar-refractivity contribution in [3.05, 3.63) is 59.0 Å². The Morgan fingerprint density at radius 1 is 1.32 bits per heavy atom. The molecule has 25 heavy (non-hydrogen) atoms. The van der Waals surface area contributed by atoms with Gasteiger partial charge in [-0.1, -0.05) is 29.4 Å². The van der Waals surface area contributed by atoms with Gasteiger partial charge < -0.3 is 10.2 Å². The molecule has 0 aliphatic carbocycles. The third kappa shape index (κ3) is 4.83. The van der Waals surface area contributed by atoms with Crippen molar-refractivity contribution < 1.29 is 9.21 Å². The van der Waals surface area contributed by atoms with Gasteiger partial charge in [0.1, 0.15) is 16.7 Å². The van der Waals surface area contributed by atoms with Crippen LogP contribution in [0.1, 0.15) is 23.6 Å². The average Bonchev–Trinajstić information content (AvgIpc) is 3.23. The Morgan fingerprint density at radius 3 is 2.88 bits per heavy atom. The number of pyridine rings is 1. The summed E-state index contributed by atoms with van der Waals surface area (Å²) >= 11 is 7.34. The molecule has 0 bridgehead atoms. The second kappa shape index (κ2) is 8.17. The van der Waals surface area contributed by atoms with Crippen LogP contribution in [0.5, 0.6) is 0 Å². The number of hydrogen-bond acceptors (Lipinski definition) is 6. The van der Waals surface area contributed by atoms with Crippen LogP contribution in [-0.2, 0) is 23.5 Å². The molecule has 0 atom stereocenters. The van der Waals surface area contributed by atoms with Crippen LogP contribution >= 0.6 is 23.4 Å². The molecule has 3 aromatic rings. The van der Waals surface area contributed by atoms with Crippen LogP contribution in [0.15, 0.2) is 46.3 Å². The molecule has 0 fully saturated rings. The van der Waals surface area contributed by atoms with Crippen LogP contribution in [0.3, 0.4) is 0 Å². The molecule has 9 heteroatoms. The predicted octanol–water partition coefficient (Wildman–Crippen LogP) is 2.68. The summed E-state index contributed by atoms with van der Waals surface area (Å²) in [5.74, 6) is 1.80. The van der Waals surface area contributed by atoms with Gasteiger partial charge in [0.25, 0.3) is 0 Å². The number of amides is 1. The summed E-state index contributed by atoms with van der Waals surface area (Å²) in [5, 5.41) is 9.65. The second-order valence-electron chi connectivity index (χ2n) is 5.31. The fourth-order valence-corrected chi connectivity index (χ4v) is 3.21. The zero-order valence-corrected chi connectivity index (χ0v) is 14.8. The molecule has 0 aliphatic heterocycles. The first-order chi connectivity index (χ1) is 12.1. The van der Waals surface area contributed by atoms with Gasteiger partial charge in [-0.15, -0.1) is 10.2 Å². The summed E-state index contributed by atoms with van der Waals surface area (Å²) in [6, 6.07) is 7.39. The Balaban J connectivity index is 1.76. The van der Waals surface area contributed by atoms with E-state index in [0.29, 0.717) is 29.7 Å². The maximum absolute atomic E-state index is 11.1. The zero-order chi connectivity index (χ0) is 17.6. The summed E-state index contributed by atoms with van der Waals surface area (Å²) in [4.78, 5) is 15.1. The SMILES string of the molecule is NC(=O)CCc1nnc(SCc2ccc(Cl)nc2)n1Cc1ccco1. The summed E-state index contributed by atoms with van der Waals surface area (Å²) in [6.45, 7) is 0.495. The monoisotopic (exact) mass is 377 g/mol. The number of nitrogens with zero attached hydrogens (tertiary/aromatic N) is 4. The number of carbonyl (C=O) groups is 1. The number of nitrogens with two attached hydrogens (primary N) is 1. The highest BCUT2D eigenvalue weighted by molar-refractivity contribution is 7.98. The summed E-state index contributed by atoms with van der Waals surface area (Å²) < 4.78 is 7.36. The first-order valence-electron chi connectivity index (χ1n) is 7.58. The van der Waals surface area contributed by atoms with Crippen molar-refractivity contribution in [3.8, 4) is 0 Å². The molecule has 3 rings (SSSR count). The van der Waals surface area contributed by atoms with Crippen LogP contribution in [0.2, 0.25) is 5.15 Å². The Hall–Kier alpha value is -2.32. The van der Waals surface area contributed by atoms with E-state index in [4.69, 9.17) is 21.8 Å². The lowest BCUT2D eigenvalue weighted by atomic mass is 10.3. The number of carbonyl (C=O) groups excluding carboxylic acids is 1. The van der Waals surface area contributed by atoms with Gasteiger partial charge >= 0.3 is 0 Å². The Bertz CT molecular complexity index is 833. The van der Waals surface area contributed by atoms with E-state index >= 15 is 0 Å². The molecule has 0 radical (unpaired) electrons. The minimum absolute atomic E-state index is 0.224. The molecule has 1 amide bonds. The molecule has 0 aliphatic rings. The molecular formula is C16H16ClN5O2S. The number of primary amides is 1. The highest BCUT2D eigenvalue weighted by Gasteiger charge is 2.15. The van der Waals surface area contributed by atoms with Gasteiger partial charge in [-0.05, 0) is 23.8 Å². The second-order valence-corrected chi connectivity index (χ2v) is 6.64. The van der Waals surface area contributed by atoms with Crippen molar-refractivity contribution >= 4 is 29.3 Å². The molecule has 2 N–H and O–H groups in total. The van der Waals surface area contributed by atoms with E-state index in [-0.39, 0.29) is 12.3 Å². The van der Waals surface area contributed by atoms with Gasteiger partial charge in [-0.25, -0.2) is 4.98 Å². The third-order valence-electron chi connectivity index (χ3n) is 3.44. The number of halogens is 1. The molecule has 130 valence electrons. The number of thioether (sulfide) groups is 1. The van der Waals surface area contributed by atoms with Gasteiger partial charge in [0.2, 0.25) is 5.91 Å². The van der Waals surface area contributed by atoms with Crippen LogP contribution in [0.4, 0.5) is 0 Å². The molecular weight excluding hydrogens is 362 g/mol. The Labute approximate surface area is 153 Å². The van der Waals surface area contributed by atoms with E-state index in [1.807, 2.05) is 22.8 Å². The van der Waals surface area contributed by atoms with Crippen LogP contribution < -0.4 is 5.73 Å². The number of furan rings is 1. The minimum atomic E-state index is -0.367. The average molecular weight is 378 g/mol. The molecule has 7 nitrogen and oxygen atoms in total. The quantitative estimate of drug-likeness (QED) is 0.478. The van der Waals surface area contributed by atoms with Gasteiger partial charge in [-0.2, -0.15) is 0 Å². The van der Waals surface area contributed by atoms with Crippen molar-refractivity contribution in [1.29, 1.82) is 0 Å². The molecule has 3 aromatic heterocycles. The number of aryl methyl sites for hydroxylation is 1. The van der Waals surface area contributed by atoms with E-state index < -0.39 is 0 Å². The lowest BCUT2D eigenvalue weighted by Crippen LogP contribution is -2.14. The Morgan fingerprint density at radius 2 is 2.20 bits per heavy atom. The number of rotatable bonds is 8. The molecule has 0 spiro atoms. The summed E-state index contributed by atoms with van der Waals surface area (Å²) in [6.07, 6.45) is 4.01. The summed E-state index contributed by atoms with van der Waals surface area (Å²) in [7, 11) is 0. The first-order valence-corrected chi connectivity index (χ1v) is 8.94. The van der Waals surface area contributed by atoms with E-state index in [9.17, 15) is 4.79 Å². The molecule has 0 saturated carbocycles. The number of aromatic nitrogens is 4. The number of hydrogen-bond donors (Lipinski definition) is 1. The lowest BCUT2D eigenvalue weighted by molar-refractivity contribution is -0.118. The topological polar surface area (TPSA) is 99.8 Å². The van der Waals surface area contributed by atoms with E-state index in [2.05, 4.69) is 15.2 Å². The largest absolute Gasteiger partial charge is 0.467 e. The van der Waals surface area contributed by atoms with Crippen molar-refractivity contribution in [2.75, 3.05) is 0 Å².